The molecule has 1 rings (SSSR count). The highest BCUT2D eigenvalue weighted by molar-refractivity contribution is 5.76. The molecule has 0 saturated carbocycles. The molecule has 1 unspecified atom stereocenters. The fourth-order valence-electron chi connectivity index (χ4n) is 1.39. The van der Waals surface area contributed by atoms with Gasteiger partial charge in [-0.3, -0.25) is 4.79 Å². The second-order valence-corrected chi connectivity index (χ2v) is 3.63. The molecule has 0 heterocycles. The van der Waals surface area contributed by atoms with Gasteiger partial charge in [-0.15, -0.1) is 0 Å². The number of phenols is 1. The van der Waals surface area contributed by atoms with Crippen LogP contribution in [0.4, 0.5) is 0 Å². The predicted octanol–water partition coefficient (Wildman–Crippen LogP) is 2.37. The average Bonchev–Trinajstić information content (AvgIpc) is 2.18. The SMILES string of the molecule is CCCC(=O)NC(C)c1ccc(O)cc1. The van der Waals surface area contributed by atoms with Gasteiger partial charge in [0.05, 0.1) is 6.04 Å². The third-order valence-corrected chi connectivity index (χ3v) is 2.25. The van der Waals surface area contributed by atoms with Crippen LogP contribution in [0.1, 0.15) is 38.3 Å². The van der Waals surface area contributed by atoms with Gasteiger partial charge in [0.25, 0.3) is 0 Å². The molecule has 2 N–H and O–H groups in total. The lowest BCUT2D eigenvalue weighted by Crippen LogP contribution is -2.26. The number of carbonyl (C=O) groups excluding carboxylic acids is 1. The molecule has 0 saturated heterocycles. The third-order valence-electron chi connectivity index (χ3n) is 2.25. The van der Waals surface area contributed by atoms with Gasteiger partial charge in [0.2, 0.25) is 5.91 Å². The van der Waals surface area contributed by atoms with Crippen molar-refractivity contribution in [3.8, 4) is 5.75 Å². The van der Waals surface area contributed by atoms with Crippen molar-refractivity contribution in [2.75, 3.05) is 0 Å². The molecule has 1 amide bonds. The summed E-state index contributed by atoms with van der Waals surface area (Å²) in [5.74, 6) is 0.309. The highest BCUT2D eigenvalue weighted by Gasteiger charge is 2.08. The topological polar surface area (TPSA) is 49.3 Å². The molecular formula is C12H17NO2. The highest BCUT2D eigenvalue weighted by atomic mass is 16.3. The van der Waals surface area contributed by atoms with Crippen molar-refractivity contribution in [3.05, 3.63) is 29.8 Å². The van der Waals surface area contributed by atoms with Gasteiger partial charge >= 0.3 is 0 Å². The molecule has 1 atom stereocenters. The number of hydrogen-bond donors (Lipinski definition) is 2. The van der Waals surface area contributed by atoms with Gasteiger partial charge in [0, 0.05) is 6.42 Å². The van der Waals surface area contributed by atoms with Crippen LogP contribution >= 0.6 is 0 Å². The number of benzene rings is 1. The molecule has 82 valence electrons. The number of rotatable bonds is 4. The number of nitrogens with one attached hydrogen (secondary N) is 1. The Morgan fingerprint density at radius 2 is 2.00 bits per heavy atom. The monoisotopic (exact) mass is 207 g/mol. The summed E-state index contributed by atoms with van der Waals surface area (Å²) in [5.41, 5.74) is 0.997. The van der Waals surface area contributed by atoms with Gasteiger partial charge in [-0.25, -0.2) is 0 Å². The fourth-order valence-corrected chi connectivity index (χ4v) is 1.39. The Balaban J connectivity index is 2.57. The number of hydrogen-bond acceptors (Lipinski definition) is 2. The normalized spacial score (nSPS) is 12.1. The van der Waals surface area contributed by atoms with Crippen LogP contribution in [0, 0.1) is 0 Å². The zero-order chi connectivity index (χ0) is 11.3. The molecule has 0 fully saturated rings. The minimum atomic E-state index is -0.00958. The molecule has 0 aliphatic heterocycles. The van der Waals surface area contributed by atoms with E-state index in [9.17, 15) is 4.79 Å². The van der Waals surface area contributed by atoms with E-state index in [0.29, 0.717) is 6.42 Å². The fraction of sp³-hybridized carbons (Fsp3) is 0.417. The summed E-state index contributed by atoms with van der Waals surface area (Å²) in [5, 5.41) is 12.0. The van der Waals surface area contributed by atoms with E-state index in [1.165, 1.54) is 0 Å². The number of aromatic hydroxyl groups is 1. The Kier molecular flexibility index (Phi) is 4.16. The molecule has 0 radical (unpaired) electrons. The maximum Gasteiger partial charge on any atom is 0.220 e. The third kappa shape index (κ3) is 3.62. The lowest BCUT2D eigenvalue weighted by Gasteiger charge is -2.13. The van der Waals surface area contributed by atoms with Gasteiger partial charge in [-0.2, -0.15) is 0 Å². The summed E-state index contributed by atoms with van der Waals surface area (Å²) in [6.45, 7) is 3.91. The lowest BCUT2D eigenvalue weighted by atomic mass is 10.1. The van der Waals surface area contributed by atoms with E-state index in [0.717, 1.165) is 12.0 Å². The second kappa shape index (κ2) is 5.39. The molecule has 0 aliphatic carbocycles. The van der Waals surface area contributed by atoms with Gasteiger partial charge < -0.3 is 10.4 Å². The Morgan fingerprint density at radius 1 is 1.40 bits per heavy atom. The van der Waals surface area contributed by atoms with E-state index in [1.807, 2.05) is 26.0 Å². The molecule has 0 aliphatic rings. The Hall–Kier alpha value is -1.51. The first-order valence-corrected chi connectivity index (χ1v) is 5.21. The van der Waals surface area contributed by atoms with Crippen LogP contribution < -0.4 is 5.32 Å². The van der Waals surface area contributed by atoms with Crippen molar-refractivity contribution < 1.29 is 9.90 Å². The summed E-state index contributed by atoms with van der Waals surface area (Å²) in [6, 6.07) is 6.86. The van der Waals surface area contributed by atoms with E-state index in [4.69, 9.17) is 5.11 Å². The van der Waals surface area contributed by atoms with Crippen LogP contribution in [-0.4, -0.2) is 11.0 Å². The van der Waals surface area contributed by atoms with Gasteiger partial charge in [0.1, 0.15) is 5.75 Å². The Labute approximate surface area is 90.1 Å². The first-order valence-electron chi connectivity index (χ1n) is 5.21. The lowest BCUT2D eigenvalue weighted by molar-refractivity contribution is -0.121. The average molecular weight is 207 g/mol. The number of carbonyl (C=O) groups is 1. The number of amides is 1. The van der Waals surface area contributed by atoms with E-state index < -0.39 is 0 Å². The van der Waals surface area contributed by atoms with E-state index in [1.54, 1.807) is 12.1 Å². The van der Waals surface area contributed by atoms with Crippen molar-refractivity contribution >= 4 is 5.91 Å². The summed E-state index contributed by atoms with van der Waals surface area (Å²) in [4.78, 5) is 11.3. The molecule has 0 spiro atoms. The zero-order valence-electron chi connectivity index (χ0n) is 9.16. The van der Waals surface area contributed by atoms with E-state index in [2.05, 4.69) is 5.32 Å². The minimum absolute atomic E-state index is 0.00958. The zero-order valence-corrected chi connectivity index (χ0v) is 9.16. The second-order valence-electron chi connectivity index (χ2n) is 3.63. The molecule has 15 heavy (non-hydrogen) atoms. The van der Waals surface area contributed by atoms with Crippen LogP contribution in [0.15, 0.2) is 24.3 Å². The first-order chi connectivity index (χ1) is 7.13. The molecular weight excluding hydrogens is 190 g/mol. The summed E-state index contributed by atoms with van der Waals surface area (Å²) < 4.78 is 0. The van der Waals surface area contributed by atoms with Gasteiger partial charge in [-0.1, -0.05) is 19.1 Å². The largest absolute Gasteiger partial charge is 0.508 e. The standard InChI is InChI=1S/C12H17NO2/c1-3-4-12(15)13-9(2)10-5-7-11(14)8-6-10/h5-9,14H,3-4H2,1-2H3,(H,13,15). The van der Waals surface area contributed by atoms with Crippen LogP contribution in [0.5, 0.6) is 5.75 Å². The van der Waals surface area contributed by atoms with Crippen molar-refractivity contribution in [2.45, 2.75) is 32.7 Å². The molecule has 0 bridgehead atoms. The van der Waals surface area contributed by atoms with Crippen LogP contribution in [0.3, 0.4) is 0 Å². The first kappa shape index (κ1) is 11.6. The van der Waals surface area contributed by atoms with E-state index in [-0.39, 0.29) is 17.7 Å². The summed E-state index contributed by atoms with van der Waals surface area (Å²) in [6.07, 6.45) is 1.41. The van der Waals surface area contributed by atoms with Crippen molar-refractivity contribution in [3.63, 3.8) is 0 Å². The van der Waals surface area contributed by atoms with Crippen molar-refractivity contribution in [1.82, 2.24) is 5.32 Å². The van der Waals surface area contributed by atoms with Crippen LogP contribution in [0.2, 0.25) is 0 Å². The van der Waals surface area contributed by atoms with Crippen LogP contribution in [-0.2, 0) is 4.79 Å². The predicted molar refractivity (Wildman–Crippen MR) is 59.6 cm³/mol. The Bertz CT molecular complexity index is 319. The molecule has 3 heteroatoms. The number of phenolic OH excluding ortho intramolecular Hbond substituents is 1. The molecule has 0 aromatic heterocycles. The van der Waals surface area contributed by atoms with Crippen molar-refractivity contribution in [2.24, 2.45) is 0 Å². The van der Waals surface area contributed by atoms with Gasteiger partial charge in [0.15, 0.2) is 0 Å². The maximum absolute atomic E-state index is 11.3. The summed E-state index contributed by atoms with van der Waals surface area (Å²) in [7, 11) is 0. The Morgan fingerprint density at radius 3 is 2.53 bits per heavy atom. The molecule has 3 nitrogen and oxygen atoms in total. The smallest absolute Gasteiger partial charge is 0.220 e. The van der Waals surface area contributed by atoms with Crippen molar-refractivity contribution in [1.29, 1.82) is 0 Å². The highest BCUT2D eigenvalue weighted by Crippen LogP contribution is 2.16. The van der Waals surface area contributed by atoms with Gasteiger partial charge in [-0.05, 0) is 31.0 Å². The van der Waals surface area contributed by atoms with Crippen LogP contribution in [0.25, 0.3) is 0 Å². The minimum Gasteiger partial charge on any atom is -0.508 e. The quantitative estimate of drug-likeness (QED) is 0.796. The molecule has 1 aromatic carbocycles. The van der Waals surface area contributed by atoms with E-state index >= 15 is 0 Å². The summed E-state index contributed by atoms with van der Waals surface area (Å²) >= 11 is 0. The maximum atomic E-state index is 11.3. The molecule has 1 aromatic rings.